The van der Waals surface area contributed by atoms with Crippen molar-refractivity contribution in [3.8, 4) is 0 Å². The highest BCUT2D eigenvalue weighted by Gasteiger charge is 2.34. The van der Waals surface area contributed by atoms with E-state index < -0.39 is 28.9 Å². The number of carbonyl (C=O) groups excluding carboxylic acids is 2. The Hall–Kier alpha value is -2.49. The number of anilines is 1. The first-order valence-corrected chi connectivity index (χ1v) is 8.37. The standard InChI is InChI=1S/C16H13F3N2O4S/c1-8-4-10(25-21-8)7-24-14(22)6-13-15(23)20-11-5-9(16(17,18)19)2-3-12(11)26-13/h2-5,13H,6-7H2,1H3,(H,20,23). The third-order valence-electron chi connectivity index (χ3n) is 3.53. The van der Waals surface area contributed by atoms with Crippen molar-refractivity contribution in [2.75, 3.05) is 5.32 Å². The lowest BCUT2D eigenvalue weighted by molar-refractivity contribution is -0.146. The molecule has 26 heavy (non-hydrogen) atoms. The quantitative estimate of drug-likeness (QED) is 0.810. The van der Waals surface area contributed by atoms with E-state index in [0.29, 0.717) is 16.3 Å². The van der Waals surface area contributed by atoms with Gasteiger partial charge in [0.05, 0.1) is 28.6 Å². The molecule has 138 valence electrons. The van der Waals surface area contributed by atoms with E-state index >= 15 is 0 Å². The highest BCUT2D eigenvalue weighted by molar-refractivity contribution is 8.01. The van der Waals surface area contributed by atoms with Crippen LogP contribution in [0.1, 0.15) is 23.4 Å². The van der Waals surface area contributed by atoms with Crippen LogP contribution in [0.4, 0.5) is 18.9 Å². The first-order chi connectivity index (χ1) is 12.2. The normalized spacial score (nSPS) is 16.8. The number of benzene rings is 1. The second-order valence-electron chi connectivity index (χ2n) is 5.60. The maximum atomic E-state index is 12.7. The Kier molecular flexibility index (Phi) is 4.94. The largest absolute Gasteiger partial charge is 0.457 e. The molecule has 0 fully saturated rings. The van der Waals surface area contributed by atoms with Crippen LogP contribution in [0, 0.1) is 6.92 Å². The average molecular weight is 386 g/mol. The molecule has 1 aromatic heterocycles. The summed E-state index contributed by atoms with van der Waals surface area (Å²) >= 11 is 1.02. The van der Waals surface area contributed by atoms with Crippen LogP contribution >= 0.6 is 11.8 Å². The Morgan fingerprint density at radius 3 is 2.81 bits per heavy atom. The van der Waals surface area contributed by atoms with Crippen LogP contribution in [0.25, 0.3) is 0 Å². The molecule has 1 N–H and O–H groups in total. The van der Waals surface area contributed by atoms with E-state index in [1.54, 1.807) is 13.0 Å². The van der Waals surface area contributed by atoms with Gasteiger partial charge in [-0.2, -0.15) is 13.2 Å². The number of ether oxygens (including phenoxy) is 1. The minimum atomic E-state index is -4.50. The van der Waals surface area contributed by atoms with Gasteiger partial charge in [-0.15, -0.1) is 11.8 Å². The number of thioether (sulfide) groups is 1. The molecule has 0 saturated carbocycles. The van der Waals surface area contributed by atoms with Gasteiger partial charge in [-0.1, -0.05) is 5.16 Å². The molecule has 1 aliphatic rings. The molecule has 1 aromatic carbocycles. The van der Waals surface area contributed by atoms with Crippen LogP contribution in [-0.2, 0) is 27.1 Å². The van der Waals surface area contributed by atoms with E-state index in [1.165, 1.54) is 6.07 Å². The molecule has 10 heteroatoms. The number of halogens is 3. The summed E-state index contributed by atoms with van der Waals surface area (Å²) in [5.41, 5.74) is -0.123. The fourth-order valence-corrected chi connectivity index (χ4v) is 3.38. The lowest BCUT2D eigenvalue weighted by Gasteiger charge is -2.24. The predicted octanol–water partition coefficient (Wildman–Crippen LogP) is 3.55. The zero-order valence-corrected chi connectivity index (χ0v) is 14.2. The third kappa shape index (κ3) is 4.18. The van der Waals surface area contributed by atoms with Gasteiger partial charge in [-0.25, -0.2) is 0 Å². The lowest BCUT2D eigenvalue weighted by atomic mass is 10.1. The molecule has 0 saturated heterocycles. The van der Waals surface area contributed by atoms with Crippen molar-refractivity contribution < 1.29 is 32.0 Å². The van der Waals surface area contributed by atoms with Crippen molar-refractivity contribution in [1.29, 1.82) is 0 Å². The summed E-state index contributed by atoms with van der Waals surface area (Å²) in [6.45, 7) is 1.61. The highest BCUT2D eigenvalue weighted by atomic mass is 32.2. The van der Waals surface area contributed by atoms with E-state index in [2.05, 4.69) is 10.5 Å². The zero-order chi connectivity index (χ0) is 18.9. The molecule has 0 aliphatic carbocycles. The van der Waals surface area contributed by atoms with Gasteiger partial charge in [0.1, 0.15) is 0 Å². The van der Waals surface area contributed by atoms with Crippen molar-refractivity contribution in [3.05, 3.63) is 41.3 Å². The molecule has 1 aliphatic heterocycles. The van der Waals surface area contributed by atoms with E-state index in [4.69, 9.17) is 9.26 Å². The molecule has 3 rings (SSSR count). The number of nitrogens with zero attached hydrogens (tertiary/aromatic N) is 1. The van der Waals surface area contributed by atoms with Crippen LogP contribution in [0.15, 0.2) is 33.7 Å². The highest BCUT2D eigenvalue weighted by Crippen LogP contribution is 2.40. The van der Waals surface area contributed by atoms with Gasteiger partial charge in [-0.3, -0.25) is 9.59 Å². The van der Waals surface area contributed by atoms with E-state index in [-0.39, 0.29) is 18.7 Å². The van der Waals surface area contributed by atoms with Crippen LogP contribution < -0.4 is 5.32 Å². The smallest absolute Gasteiger partial charge is 0.416 e. The van der Waals surface area contributed by atoms with Crippen LogP contribution in [0.5, 0.6) is 0 Å². The number of aryl methyl sites for hydroxylation is 1. The summed E-state index contributed by atoms with van der Waals surface area (Å²) in [4.78, 5) is 24.4. The number of carbonyl (C=O) groups is 2. The monoisotopic (exact) mass is 386 g/mol. The molecule has 2 heterocycles. The van der Waals surface area contributed by atoms with Crippen molar-refractivity contribution in [2.45, 2.75) is 36.3 Å². The Bertz CT molecular complexity index is 850. The molecule has 1 atom stereocenters. The molecular weight excluding hydrogens is 373 g/mol. The Balaban J connectivity index is 1.62. The molecular formula is C16H13F3N2O4S. The first-order valence-electron chi connectivity index (χ1n) is 7.49. The summed E-state index contributed by atoms with van der Waals surface area (Å²) in [6, 6.07) is 4.70. The van der Waals surface area contributed by atoms with Crippen LogP contribution in [0.2, 0.25) is 0 Å². The van der Waals surface area contributed by atoms with Crippen molar-refractivity contribution >= 4 is 29.3 Å². The molecule has 1 amide bonds. The van der Waals surface area contributed by atoms with Gasteiger partial charge in [-0.05, 0) is 25.1 Å². The number of esters is 1. The summed E-state index contributed by atoms with van der Waals surface area (Å²) in [7, 11) is 0. The maximum absolute atomic E-state index is 12.7. The molecule has 0 spiro atoms. The molecule has 0 radical (unpaired) electrons. The lowest BCUT2D eigenvalue weighted by Crippen LogP contribution is -2.31. The van der Waals surface area contributed by atoms with Gasteiger partial charge in [0.2, 0.25) is 5.91 Å². The fraction of sp³-hybridized carbons (Fsp3) is 0.312. The van der Waals surface area contributed by atoms with Gasteiger partial charge in [0.15, 0.2) is 12.4 Å². The number of nitrogens with one attached hydrogen (secondary N) is 1. The summed E-state index contributed by atoms with van der Waals surface area (Å²) in [5.74, 6) is -0.794. The number of alkyl halides is 3. The van der Waals surface area contributed by atoms with Crippen LogP contribution in [0.3, 0.4) is 0 Å². The van der Waals surface area contributed by atoms with E-state index in [0.717, 1.165) is 23.9 Å². The minimum absolute atomic E-state index is 0.0802. The Morgan fingerprint density at radius 1 is 1.38 bits per heavy atom. The van der Waals surface area contributed by atoms with E-state index in [1.807, 2.05) is 0 Å². The fourth-order valence-electron chi connectivity index (χ4n) is 2.31. The number of hydrogen-bond acceptors (Lipinski definition) is 6. The van der Waals surface area contributed by atoms with Crippen molar-refractivity contribution in [1.82, 2.24) is 5.16 Å². The second kappa shape index (κ2) is 7.02. The number of amides is 1. The minimum Gasteiger partial charge on any atom is -0.457 e. The molecule has 0 bridgehead atoms. The topological polar surface area (TPSA) is 81.4 Å². The van der Waals surface area contributed by atoms with Crippen molar-refractivity contribution in [3.63, 3.8) is 0 Å². The zero-order valence-electron chi connectivity index (χ0n) is 13.4. The summed E-state index contributed by atoms with van der Waals surface area (Å²) < 4.78 is 48.1. The van der Waals surface area contributed by atoms with Gasteiger partial charge >= 0.3 is 12.1 Å². The second-order valence-corrected chi connectivity index (χ2v) is 6.85. The average Bonchev–Trinajstić information content (AvgIpc) is 2.98. The summed E-state index contributed by atoms with van der Waals surface area (Å²) in [6.07, 6.45) is -4.71. The number of aromatic nitrogens is 1. The van der Waals surface area contributed by atoms with Gasteiger partial charge in [0.25, 0.3) is 0 Å². The molecule has 6 nitrogen and oxygen atoms in total. The molecule has 2 aromatic rings. The Labute approximate surface area is 150 Å². The van der Waals surface area contributed by atoms with Crippen molar-refractivity contribution in [2.24, 2.45) is 0 Å². The Morgan fingerprint density at radius 2 is 2.15 bits per heavy atom. The van der Waals surface area contributed by atoms with Crippen LogP contribution in [-0.4, -0.2) is 22.3 Å². The molecule has 1 unspecified atom stereocenters. The van der Waals surface area contributed by atoms with Gasteiger partial charge in [0, 0.05) is 11.0 Å². The first kappa shape index (κ1) is 18.3. The van der Waals surface area contributed by atoms with E-state index in [9.17, 15) is 22.8 Å². The number of rotatable bonds is 4. The number of fused-ring (bicyclic) bond motifs is 1. The third-order valence-corrected chi connectivity index (χ3v) is 4.81. The predicted molar refractivity (Wildman–Crippen MR) is 85.4 cm³/mol. The SMILES string of the molecule is Cc1cc(COC(=O)CC2Sc3ccc(C(F)(F)F)cc3NC2=O)on1. The summed E-state index contributed by atoms with van der Waals surface area (Å²) in [5, 5.41) is 5.28. The maximum Gasteiger partial charge on any atom is 0.416 e. The van der Waals surface area contributed by atoms with Gasteiger partial charge < -0.3 is 14.6 Å². The number of hydrogen-bond donors (Lipinski definition) is 1.